The molecule has 3 aromatic rings. The van der Waals surface area contributed by atoms with E-state index in [2.05, 4.69) is 21.9 Å². The first-order valence-corrected chi connectivity index (χ1v) is 9.29. The van der Waals surface area contributed by atoms with E-state index in [1.807, 2.05) is 56.3 Å². The summed E-state index contributed by atoms with van der Waals surface area (Å²) in [6, 6.07) is 16.8. The Morgan fingerprint density at radius 2 is 1.72 bits per heavy atom. The second-order valence-corrected chi connectivity index (χ2v) is 6.65. The van der Waals surface area contributed by atoms with Crippen LogP contribution in [0, 0.1) is 13.8 Å². The first-order chi connectivity index (χ1) is 14.0. The molecule has 2 amide bonds. The maximum Gasteiger partial charge on any atom is 0.273 e. The van der Waals surface area contributed by atoms with Crippen molar-refractivity contribution >= 4 is 11.8 Å². The highest BCUT2D eigenvalue weighted by Crippen LogP contribution is 2.19. The fourth-order valence-electron chi connectivity index (χ4n) is 2.81. The summed E-state index contributed by atoms with van der Waals surface area (Å²) in [5.74, 6) is 0.473. The minimum Gasteiger partial charge on any atom is -0.492 e. The molecule has 0 fully saturated rings. The molecule has 2 N–H and O–H groups in total. The van der Waals surface area contributed by atoms with Crippen molar-refractivity contribution in [2.75, 3.05) is 19.7 Å². The van der Waals surface area contributed by atoms with Crippen LogP contribution in [0.4, 0.5) is 0 Å². The monoisotopic (exact) mass is 393 g/mol. The zero-order valence-corrected chi connectivity index (χ0v) is 16.4. The molecule has 0 aliphatic carbocycles. The molecule has 1 aromatic heterocycles. The largest absolute Gasteiger partial charge is 0.492 e. The van der Waals surface area contributed by atoms with Crippen LogP contribution in [-0.4, -0.2) is 36.7 Å². The Hall–Kier alpha value is -3.61. The van der Waals surface area contributed by atoms with Gasteiger partial charge in [-0.05, 0) is 37.1 Å². The SMILES string of the molecule is Cc1cc(C)cc(OCCNC(=O)CNC(=O)c2cc(-c3ccccc3)on2)c1. The third-order valence-electron chi connectivity index (χ3n) is 4.10. The van der Waals surface area contributed by atoms with Crippen LogP contribution in [0.25, 0.3) is 11.3 Å². The maximum absolute atomic E-state index is 12.1. The van der Waals surface area contributed by atoms with E-state index in [0.29, 0.717) is 18.9 Å². The van der Waals surface area contributed by atoms with Crippen molar-refractivity contribution in [1.82, 2.24) is 15.8 Å². The molecule has 0 saturated carbocycles. The van der Waals surface area contributed by atoms with Crippen LogP contribution in [0.3, 0.4) is 0 Å². The Labute approximate surface area is 169 Å². The Balaban J connectivity index is 1.39. The number of aryl methyl sites for hydroxylation is 2. The number of hydrogen-bond donors (Lipinski definition) is 2. The molecule has 0 bridgehead atoms. The van der Waals surface area contributed by atoms with Crippen LogP contribution in [-0.2, 0) is 4.79 Å². The van der Waals surface area contributed by atoms with Gasteiger partial charge in [0.1, 0.15) is 12.4 Å². The highest BCUT2D eigenvalue weighted by atomic mass is 16.5. The van der Waals surface area contributed by atoms with E-state index >= 15 is 0 Å². The molecule has 0 radical (unpaired) electrons. The molecule has 0 atom stereocenters. The van der Waals surface area contributed by atoms with E-state index in [4.69, 9.17) is 9.26 Å². The molecule has 0 aliphatic rings. The van der Waals surface area contributed by atoms with Gasteiger partial charge in [-0.3, -0.25) is 9.59 Å². The first-order valence-electron chi connectivity index (χ1n) is 9.29. The molecule has 7 nitrogen and oxygen atoms in total. The Morgan fingerprint density at radius 3 is 2.45 bits per heavy atom. The lowest BCUT2D eigenvalue weighted by Crippen LogP contribution is -2.38. The summed E-state index contributed by atoms with van der Waals surface area (Å²) in [4.78, 5) is 24.0. The van der Waals surface area contributed by atoms with Gasteiger partial charge in [0.15, 0.2) is 11.5 Å². The summed E-state index contributed by atoms with van der Waals surface area (Å²) >= 11 is 0. The molecule has 0 unspecified atom stereocenters. The van der Waals surface area contributed by atoms with Gasteiger partial charge in [0.2, 0.25) is 5.91 Å². The van der Waals surface area contributed by atoms with Gasteiger partial charge in [0, 0.05) is 11.6 Å². The standard InChI is InChI=1S/C22H23N3O4/c1-15-10-16(2)12-18(11-15)28-9-8-23-21(26)14-24-22(27)19-13-20(29-25-19)17-6-4-3-5-7-17/h3-7,10-13H,8-9,14H2,1-2H3,(H,23,26)(H,24,27). The van der Waals surface area contributed by atoms with Crippen LogP contribution < -0.4 is 15.4 Å². The molecule has 150 valence electrons. The molecular formula is C22H23N3O4. The highest BCUT2D eigenvalue weighted by Gasteiger charge is 2.14. The summed E-state index contributed by atoms with van der Waals surface area (Å²) in [5.41, 5.74) is 3.18. The average molecular weight is 393 g/mol. The van der Waals surface area contributed by atoms with Crippen LogP contribution in [0.1, 0.15) is 21.6 Å². The minimum atomic E-state index is -0.474. The molecule has 7 heteroatoms. The number of nitrogens with zero attached hydrogens (tertiary/aromatic N) is 1. The third-order valence-corrected chi connectivity index (χ3v) is 4.10. The van der Waals surface area contributed by atoms with Gasteiger partial charge in [-0.1, -0.05) is 41.6 Å². The van der Waals surface area contributed by atoms with E-state index in [1.165, 1.54) is 0 Å². The molecule has 0 spiro atoms. The van der Waals surface area contributed by atoms with Gasteiger partial charge < -0.3 is 19.9 Å². The molecule has 1 heterocycles. The summed E-state index contributed by atoms with van der Waals surface area (Å²) < 4.78 is 10.8. The van der Waals surface area contributed by atoms with Gasteiger partial charge in [0.05, 0.1) is 13.1 Å². The van der Waals surface area contributed by atoms with E-state index < -0.39 is 5.91 Å². The number of benzene rings is 2. The van der Waals surface area contributed by atoms with Crippen LogP contribution >= 0.6 is 0 Å². The number of rotatable bonds is 8. The van der Waals surface area contributed by atoms with Gasteiger partial charge >= 0.3 is 0 Å². The third kappa shape index (κ3) is 5.93. The van der Waals surface area contributed by atoms with Crippen LogP contribution in [0.5, 0.6) is 5.75 Å². The van der Waals surface area contributed by atoms with E-state index in [-0.39, 0.29) is 18.1 Å². The van der Waals surface area contributed by atoms with E-state index in [1.54, 1.807) is 6.07 Å². The zero-order valence-electron chi connectivity index (χ0n) is 16.4. The molecule has 0 aliphatic heterocycles. The van der Waals surface area contributed by atoms with Crippen molar-refractivity contribution in [2.45, 2.75) is 13.8 Å². The Morgan fingerprint density at radius 1 is 1.00 bits per heavy atom. The number of nitrogens with one attached hydrogen (secondary N) is 2. The summed E-state index contributed by atoms with van der Waals surface area (Å²) in [6.45, 7) is 4.52. The molecule has 3 rings (SSSR count). The van der Waals surface area contributed by atoms with Gasteiger partial charge in [-0.15, -0.1) is 0 Å². The van der Waals surface area contributed by atoms with Crippen molar-refractivity contribution in [3.05, 3.63) is 71.4 Å². The zero-order chi connectivity index (χ0) is 20.6. The van der Waals surface area contributed by atoms with Gasteiger partial charge in [0.25, 0.3) is 5.91 Å². The Bertz CT molecular complexity index is 962. The lowest BCUT2D eigenvalue weighted by molar-refractivity contribution is -0.120. The lowest BCUT2D eigenvalue weighted by atomic mass is 10.1. The molecule has 0 saturated heterocycles. The van der Waals surface area contributed by atoms with Crippen molar-refractivity contribution < 1.29 is 18.8 Å². The molecular weight excluding hydrogens is 370 g/mol. The number of amides is 2. The number of carbonyl (C=O) groups is 2. The van der Waals surface area contributed by atoms with Gasteiger partial charge in [-0.2, -0.15) is 0 Å². The second kappa shape index (κ2) is 9.54. The fraction of sp³-hybridized carbons (Fsp3) is 0.227. The number of hydrogen-bond acceptors (Lipinski definition) is 5. The van der Waals surface area contributed by atoms with E-state index in [0.717, 1.165) is 22.4 Å². The summed E-state index contributed by atoms with van der Waals surface area (Å²) in [7, 11) is 0. The first kappa shape index (κ1) is 20.1. The molecule has 29 heavy (non-hydrogen) atoms. The highest BCUT2D eigenvalue weighted by molar-refractivity contribution is 5.95. The normalized spacial score (nSPS) is 10.4. The van der Waals surface area contributed by atoms with Crippen LogP contribution in [0.15, 0.2) is 59.1 Å². The van der Waals surface area contributed by atoms with E-state index in [9.17, 15) is 9.59 Å². The summed E-state index contributed by atoms with van der Waals surface area (Å²) in [5, 5.41) is 8.98. The quantitative estimate of drug-likeness (QED) is 0.574. The number of carbonyl (C=O) groups excluding carboxylic acids is 2. The van der Waals surface area contributed by atoms with Gasteiger partial charge in [-0.25, -0.2) is 0 Å². The van der Waals surface area contributed by atoms with Crippen molar-refractivity contribution in [1.29, 1.82) is 0 Å². The number of aromatic nitrogens is 1. The lowest BCUT2D eigenvalue weighted by Gasteiger charge is -2.09. The maximum atomic E-state index is 12.1. The van der Waals surface area contributed by atoms with Crippen molar-refractivity contribution in [3.8, 4) is 17.1 Å². The second-order valence-electron chi connectivity index (χ2n) is 6.65. The fourth-order valence-corrected chi connectivity index (χ4v) is 2.81. The predicted octanol–water partition coefficient (Wildman–Crippen LogP) is 2.88. The summed E-state index contributed by atoms with van der Waals surface area (Å²) in [6.07, 6.45) is 0. The predicted molar refractivity (Wildman–Crippen MR) is 109 cm³/mol. The topological polar surface area (TPSA) is 93.5 Å². The number of ether oxygens (including phenoxy) is 1. The minimum absolute atomic E-state index is 0.120. The van der Waals surface area contributed by atoms with Crippen molar-refractivity contribution in [2.24, 2.45) is 0 Å². The Kier molecular flexibility index (Phi) is 6.63. The average Bonchev–Trinajstić information content (AvgIpc) is 3.20. The van der Waals surface area contributed by atoms with Crippen molar-refractivity contribution in [3.63, 3.8) is 0 Å². The molecule has 2 aromatic carbocycles. The van der Waals surface area contributed by atoms with Crippen LogP contribution in [0.2, 0.25) is 0 Å². The smallest absolute Gasteiger partial charge is 0.273 e.